The number of ketones is 1. The Hall–Kier alpha value is -2.47. The number of Topliss-reactive ketones (excluding diaryl/α,β-unsaturated/α-hetero) is 1. The second kappa shape index (κ2) is 7.64. The SMILES string of the molecule is Cc1ccc(C)c(C(=O)COC(=O)c2c(NC(=O)C3CC3)sc(C)c2C)c1. The molecular weight excluding hydrogens is 362 g/mol. The molecule has 0 aliphatic heterocycles. The summed E-state index contributed by atoms with van der Waals surface area (Å²) in [5.41, 5.74) is 3.50. The first-order chi connectivity index (χ1) is 12.8. The Morgan fingerprint density at radius 1 is 1.15 bits per heavy atom. The summed E-state index contributed by atoms with van der Waals surface area (Å²) < 4.78 is 5.30. The standard InChI is InChI=1S/C21H23NO4S/c1-11-5-6-12(2)16(9-11)17(23)10-26-21(25)18-13(3)14(4)27-20(18)22-19(24)15-7-8-15/h5-6,9,15H,7-8,10H2,1-4H3,(H,22,24). The van der Waals surface area contributed by atoms with Gasteiger partial charge in [0.2, 0.25) is 11.7 Å². The van der Waals surface area contributed by atoms with Gasteiger partial charge in [-0.3, -0.25) is 9.59 Å². The molecule has 1 aliphatic rings. The Kier molecular flexibility index (Phi) is 5.46. The van der Waals surface area contributed by atoms with Gasteiger partial charge >= 0.3 is 5.97 Å². The second-order valence-electron chi connectivity index (χ2n) is 7.07. The fourth-order valence-electron chi connectivity index (χ4n) is 2.84. The number of thiophene rings is 1. The highest BCUT2D eigenvalue weighted by Gasteiger charge is 2.31. The van der Waals surface area contributed by atoms with Crippen LogP contribution in [0.15, 0.2) is 18.2 Å². The van der Waals surface area contributed by atoms with Crippen LogP contribution in [-0.4, -0.2) is 24.3 Å². The maximum absolute atomic E-state index is 12.6. The highest BCUT2D eigenvalue weighted by Crippen LogP contribution is 2.36. The molecule has 1 N–H and O–H groups in total. The molecule has 1 heterocycles. The Morgan fingerprint density at radius 2 is 1.85 bits per heavy atom. The van der Waals surface area contributed by atoms with Crippen molar-refractivity contribution in [1.82, 2.24) is 0 Å². The average molecular weight is 385 g/mol. The van der Waals surface area contributed by atoms with E-state index in [9.17, 15) is 14.4 Å². The molecule has 6 heteroatoms. The molecule has 5 nitrogen and oxygen atoms in total. The molecular formula is C21H23NO4S. The number of ether oxygens (including phenoxy) is 1. The zero-order valence-corrected chi connectivity index (χ0v) is 16.8. The van der Waals surface area contributed by atoms with Crippen molar-refractivity contribution in [2.45, 2.75) is 40.5 Å². The Morgan fingerprint density at radius 3 is 2.52 bits per heavy atom. The topological polar surface area (TPSA) is 72.5 Å². The van der Waals surface area contributed by atoms with E-state index in [0.717, 1.165) is 34.4 Å². The summed E-state index contributed by atoms with van der Waals surface area (Å²) in [5, 5.41) is 3.35. The van der Waals surface area contributed by atoms with E-state index in [0.29, 0.717) is 16.1 Å². The molecule has 0 bridgehead atoms. The summed E-state index contributed by atoms with van der Waals surface area (Å²) in [5.74, 6) is -0.835. The number of rotatable bonds is 6. The first-order valence-electron chi connectivity index (χ1n) is 8.96. The quantitative estimate of drug-likeness (QED) is 0.592. The van der Waals surface area contributed by atoms with Crippen LogP contribution in [0.3, 0.4) is 0 Å². The van der Waals surface area contributed by atoms with E-state index in [2.05, 4.69) is 5.32 Å². The lowest BCUT2D eigenvalue weighted by molar-refractivity contribution is -0.117. The largest absolute Gasteiger partial charge is 0.454 e. The predicted molar refractivity (Wildman–Crippen MR) is 106 cm³/mol. The molecule has 1 aliphatic carbocycles. The van der Waals surface area contributed by atoms with Crippen LogP contribution in [0.4, 0.5) is 5.00 Å². The number of benzene rings is 1. The van der Waals surface area contributed by atoms with Crippen LogP contribution in [0.1, 0.15) is 55.1 Å². The Labute approximate surface area is 162 Å². The molecule has 3 rings (SSSR count). The van der Waals surface area contributed by atoms with Crippen LogP contribution in [0.5, 0.6) is 0 Å². The third-order valence-corrected chi connectivity index (χ3v) is 5.92. The van der Waals surface area contributed by atoms with Gasteiger partial charge in [-0.25, -0.2) is 4.79 Å². The minimum Gasteiger partial charge on any atom is -0.454 e. The number of aryl methyl sites for hydroxylation is 3. The van der Waals surface area contributed by atoms with Crippen molar-refractivity contribution in [3.05, 3.63) is 50.9 Å². The highest BCUT2D eigenvalue weighted by atomic mass is 32.1. The van der Waals surface area contributed by atoms with E-state index in [1.807, 2.05) is 39.8 Å². The molecule has 27 heavy (non-hydrogen) atoms. The molecule has 0 atom stereocenters. The predicted octanol–water partition coefficient (Wildman–Crippen LogP) is 4.37. The van der Waals surface area contributed by atoms with Crippen molar-refractivity contribution in [3.8, 4) is 0 Å². The Bertz CT molecular complexity index is 925. The monoisotopic (exact) mass is 385 g/mol. The van der Waals surface area contributed by atoms with Gasteiger partial charge in [-0.05, 0) is 57.7 Å². The minimum atomic E-state index is -0.582. The van der Waals surface area contributed by atoms with E-state index in [-0.39, 0.29) is 24.2 Å². The van der Waals surface area contributed by atoms with E-state index in [1.54, 1.807) is 6.07 Å². The normalized spacial score (nSPS) is 13.3. The lowest BCUT2D eigenvalue weighted by Gasteiger charge is -2.09. The van der Waals surface area contributed by atoms with E-state index >= 15 is 0 Å². The zero-order valence-electron chi connectivity index (χ0n) is 16.0. The minimum absolute atomic E-state index is 0.0439. The maximum atomic E-state index is 12.6. The molecule has 0 saturated heterocycles. The van der Waals surface area contributed by atoms with Gasteiger partial charge in [-0.15, -0.1) is 11.3 Å². The molecule has 0 spiro atoms. The number of carbonyl (C=O) groups is 3. The highest BCUT2D eigenvalue weighted by molar-refractivity contribution is 7.16. The van der Waals surface area contributed by atoms with Gasteiger partial charge in [0.25, 0.3) is 0 Å². The van der Waals surface area contributed by atoms with Crippen molar-refractivity contribution in [3.63, 3.8) is 0 Å². The molecule has 0 unspecified atom stereocenters. The molecule has 1 fully saturated rings. The van der Waals surface area contributed by atoms with Gasteiger partial charge in [0.15, 0.2) is 6.61 Å². The smallest absolute Gasteiger partial charge is 0.341 e. The van der Waals surface area contributed by atoms with Gasteiger partial charge in [0, 0.05) is 16.4 Å². The van der Waals surface area contributed by atoms with Crippen LogP contribution < -0.4 is 5.32 Å². The number of hydrogen-bond donors (Lipinski definition) is 1. The first-order valence-corrected chi connectivity index (χ1v) is 9.78. The molecule has 2 aromatic rings. The molecule has 142 valence electrons. The number of anilines is 1. The van der Waals surface area contributed by atoms with Crippen LogP contribution in [0.25, 0.3) is 0 Å². The lowest BCUT2D eigenvalue weighted by atomic mass is 10.0. The molecule has 1 aromatic heterocycles. The summed E-state index contributed by atoms with van der Waals surface area (Å²) in [6, 6.07) is 5.61. The summed E-state index contributed by atoms with van der Waals surface area (Å²) in [6.07, 6.45) is 1.78. The third-order valence-electron chi connectivity index (χ3n) is 4.80. The maximum Gasteiger partial charge on any atom is 0.341 e. The second-order valence-corrected chi connectivity index (χ2v) is 8.29. The van der Waals surface area contributed by atoms with Gasteiger partial charge < -0.3 is 10.1 Å². The fourth-order valence-corrected chi connectivity index (χ4v) is 3.89. The summed E-state index contributed by atoms with van der Waals surface area (Å²) in [7, 11) is 0. The number of esters is 1. The van der Waals surface area contributed by atoms with Gasteiger partial charge in [0.05, 0.1) is 5.56 Å². The first kappa shape index (κ1) is 19.3. The van der Waals surface area contributed by atoms with Crippen molar-refractivity contribution < 1.29 is 19.1 Å². The molecule has 1 aromatic carbocycles. The third kappa shape index (κ3) is 4.27. The Balaban J connectivity index is 1.73. The average Bonchev–Trinajstić information content (AvgIpc) is 3.43. The fraction of sp³-hybridized carbons (Fsp3) is 0.381. The number of carbonyl (C=O) groups excluding carboxylic acids is 3. The summed E-state index contributed by atoms with van der Waals surface area (Å²) in [6.45, 7) is 7.15. The van der Waals surface area contributed by atoms with Crippen LogP contribution >= 0.6 is 11.3 Å². The number of hydrogen-bond acceptors (Lipinski definition) is 5. The van der Waals surface area contributed by atoms with Crippen molar-refractivity contribution >= 4 is 34.0 Å². The summed E-state index contributed by atoms with van der Waals surface area (Å²) in [4.78, 5) is 38.1. The molecule has 0 radical (unpaired) electrons. The summed E-state index contributed by atoms with van der Waals surface area (Å²) >= 11 is 1.36. The van der Waals surface area contributed by atoms with Crippen LogP contribution in [0.2, 0.25) is 0 Å². The van der Waals surface area contributed by atoms with E-state index in [4.69, 9.17) is 4.74 Å². The van der Waals surface area contributed by atoms with Crippen LogP contribution in [0, 0.1) is 33.6 Å². The van der Waals surface area contributed by atoms with Crippen molar-refractivity contribution in [2.75, 3.05) is 11.9 Å². The molecule has 1 saturated carbocycles. The lowest BCUT2D eigenvalue weighted by Crippen LogP contribution is -2.18. The van der Waals surface area contributed by atoms with Crippen molar-refractivity contribution in [1.29, 1.82) is 0 Å². The van der Waals surface area contributed by atoms with Gasteiger partial charge in [-0.2, -0.15) is 0 Å². The van der Waals surface area contributed by atoms with Crippen molar-refractivity contribution in [2.24, 2.45) is 5.92 Å². The van der Waals surface area contributed by atoms with E-state index < -0.39 is 5.97 Å². The zero-order chi connectivity index (χ0) is 19.7. The number of nitrogens with one attached hydrogen (secondary N) is 1. The van der Waals surface area contributed by atoms with Gasteiger partial charge in [0.1, 0.15) is 5.00 Å². The van der Waals surface area contributed by atoms with Gasteiger partial charge in [-0.1, -0.05) is 17.7 Å². The van der Waals surface area contributed by atoms with E-state index in [1.165, 1.54) is 11.3 Å². The number of amides is 1. The van der Waals surface area contributed by atoms with Crippen LogP contribution in [-0.2, 0) is 9.53 Å². The molecule has 1 amide bonds.